The van der Waals surface area contributed by atoms with Crippen molar-refractivity contribution in [3.63, 3.8) is 0 Å². The predicted molar refractivity (Wildman–Crippen MR) is 174 cm³/mol. The normalized spacial score (nSPS) is 20.2. The van der Waals surface area contributed by atoms with Crippen LogP contribution in [0.25, 0.3) is 0 Å². The van der Waals surface area contributed by atoms with E-state index in [1.54, 1.807) is 0 Å². The number of hydrogen-bond acceptors (Lipinski definition) is 0. The molecule has 0 aromatic heterocycles. The summed E-state index contributed by atoms with van der Waals surface area (Å²) < 4.78 is 2.14. The lowest BCUT2D eigenvalue weighted by atomic mass is 9.90. The summed E-state index contributed by atoms with van der Waals surface area (Å²) in [7, 11) is 4.91. The summed E-state index contributed by atoms with van der Waals surface area (Å²) in [5, 5.41) is -0.137. The van der Waals surface area contributed by atoms with Gasteiger partial charge in [0.05, 0.1) is 45.7 Å². The van der Waals surface area contributed by atoms with Crippen LogP contribution in [0.3, 0.4) is 0 Å². The first-order valence-electron chi connectivity index (χ1n) is 16.6. The third-order valence-corrected chi connectivity index (χ3v) is 10.1. The number of alkyl halides is 2. The van der Waals surface area contributed by atoms with E-state index >= 15 is 0 Å². The zero-order valence-electron chi connectivity index (χ0n) is 26.5. The number of allylic oxidation sites excluding steroid dienone is 2. The van der Waals surface area contributed by atoms with Crippen molar-refractivity contribution in [3.05, 3.63) is 23.8 Å². The minimum absolute atomic E-state index is 0.137. The Kier molecular flexibility index (Phi) is 18.9. The van der Waals surface area contributed by atoms with Crippen LogP contribution < -0.4 is 0 Å². The van der Waals surface area contributed by atoms with Crippen LogP contribution in [0.1, 0.15) is 130 Å². The lowest BCUT2D eigenvalue weighted by Crippen LogP contribution is -2.57. The molecular weight excluding hydrogens is 507 g/mol. The molecule has 2 unspecified atom stereocenters. The summed E-state index contributed by atoms with van der Waals surface area (Å²) in [6, 6.07) is 0. The van der Waals surface area contributed by atoms with Crippen molar-refractivity contribution in [1.29, 1.82) is 0 Å². The smallest absolute Gasteiger partial charge is 0.132 e. The van der Waals surface area contributed by atoms with E-state index in [4.69, 9.17) is 23.2 Å². The van der Waals surface area contributed by atoms with Crippen LogP contribution in [0.15, 0.2) is 23.8 Å². The van der Waals surface area contributed by atoms with Crippen molar-refractivity contribution < 1.29 is 8.97 Å². The highest BCUT2D eigenvalue weighted by atomic mass is 35.5. The van der Waals surface area contributed by atoms with Crippen molar-refractivity contribution >= 4 is 23.2 Å². The average Bonchev–Trinajstić information content (AvgIpc) is 2.88. The quantitative estimate of drug-likeness (QED) is 0.0612. The SMILES string of the molecule is CCCCCC[N+](C)(CCCCCC)CC1=CC=CC(Cl)(C[N+](C)(CCCCCC)CCCCCC)C1Cl. The number of hydrogen-bond donors (Lipinski definition) is 0. The molecule has 1 aliphatic rings. The van der Waals surface area contributed by atoms with Gasteiger partial charge in [-0.1, -0.05) is 97.3 Å². The molecule has 0 aromatic carbocycles. The molecule has 2 nitrogen and oxygen atoms in total. The zero-order chi connectivity index (χ0) is 28.3. The highest BCUT2D eigenvalue weighted by molar-refractivity contribution is 6.35. The Hall–Kier alpha value is -0.0200. The van der Waals surface area contributed by atoms with Crippen LogP contribution in [0.5, 0.6) is 0 Å². The fraction of sp³-hybridized carbons (Fsp3) is 0.882. The largest absolute Gasteiger partial charge is 0.324 e. The van der Waals surface area contributed by atoms with Gasteiger partial charge in [0.15, 0.2) is 0 Å². The van der Waals surface area contributed by atoms with Crippen molar-refractivity contribution in [2.45, 2.75) is 141 Å². The van der Waals surface area contributed by atoms with Crippen LogP contribution in [0.2, 0.25) is 0 Å². The molecule has 0 bridgehead atoms. The molecule has 4 heteroatoms. The van der Waals surface area contributed by atoms with Gasteiger partial charge in [0.25, 0.3) is 0 Å². The topological polar surface area (TPSA) is 0 Å². The first-order valence-corrected chi connectivity index (χ1v) is 17.4. The van der Waals surface area contributed by atoms with Gasteiger partial charge < -0.3 is 8.97 Å². The van der Waals surface area contributed by atoms with E-state index in [9.17, 15) is 0 Å². The maximum atomic E-state index is 7.52. The van der Waals surface area contributed by atoms with E-state index < -0.39 is 4.87 Å². The minimum atomic E-state index is -0.509. The highest BCUT2D eigenvalue weighted by Crippen LogP contribution is 2.38. The summed E-state index contributed by atoms with van der Waals surface area (Å²) in [6.45, 7) is 16.1. The Morgan fingerprint density at radius 2 is 1.03 bits per heavy atom. The first kappa shape index (κ1) is 36.0. The van der Waals surface area contributed by atoms with E-state index in [1.165, 1.54) is 134 Å². The third kappa shape index (κ3) is 14.0. The van der Waals surface area contributed by atoms with Crippen molar-refractivity contribution in [2.75, 3.05) is 53.4 Å². The molecule has 0 saturated heterocycles. The Bertz CT molecular complexity index is 635. The minimum Gasteiger partial charge on any atom is -0.324 e. The average molecular weight is 574 g/mol. The maximum Gasteiger partial charge on any atom is 0.132 e. The summed E-state index contributed by atoms with van der Waals surface area (Å²) >= 11 is 14.9. The summed E-state index contributed by atoms with van der Waals surface area (Å²) in [5.74, 6) is 0. The van der Waals surface area contributed by atoms with Gasteiger partial charge >= 0.3 is 0 Å². The Balaban J connectivity index is 2.97. The predicted octanol–water partition coefficient (Wildman–Crippen LogP) is 10.3. The molecule has 2 atom stereocenters. The number of rotatable bonds is 24. The number of quaternary nitrogens is 2. The fourth-order valence-electron chi connectivity index (χ4n) is 6.32. The van der Waals surface area contributed by atoms with Crippen molar-refractivity contribution in [3.8, 4) is 0 Å². The van der Waals surface area contributed by atoms with E-state index in [1.807, 2.05) is 0 Å². The number of nitrogens with zero attached hydrogens (tertiary/aromatic N) is 2. The van der Waals surface area contributed by atoms with Gasteiger partial charge in [-0.2, -0.15) is 0 Å². The van der Waals surface area contributed by atoms with Gasteiger partial charge in [-0.25, -0.2) is 0 Å². The van der Waals surface area contributed by atoms with Crippen molar-refractivity contribution in [1.82, 2.24) is 0 Å². The van der Waals surface area contributed by atoms with Gasteiger partial charge in [-0.15, -0.1) is 23.2 Å². The maximum absolute atomic E-state index is 7.52. The Morgan fingerprint density at radius 1 is 0.632 bits per heavy atom. The summed E-state index contributed by atoms with van der Waals surface area (Å²) in [4.78, 5) is -0.509. The molecule has 0 radical (unpaired) electrons. The van der Waals surface area contributed by atoms with Gasteiger partial charge in [0.1, 0.15) is 18.0 Å². The van der Waals surface area contributed by atoms with Gasteiger partial charge in [0.2, 0.25) is 0 Å². The third-order valence-electron chi connectivity index (χ3n) is 8.82. The molecule has 0 N–H and O–H groups in total. The molecule has 0 aromatic rings. The standard InChI is InChI=1S/C34H66Cl2N2/c1-7-11-15-19-26-37(5,27-20-16-12-8-2)30-32-24-23-25-34(36,33(32)35)31-38(6,28-21-17-13-9-3)29-22-18-14-10-4/h23-25,33H,7-22,26-31H2,1-6H3/q+2. The number of unbranched alkanes of at least 4 members (excludes halogenated alkanes) is 12. The molecule has 0 amide bonds. The molecule has 38 heavy (non-hydrogen) atoms. The summed E-state index contributed by atoms with van der Waals surface area (Å²) in [5.41, 5.74) is 1.35. The van der Waals surface area contributed by atoms with Crippen LogP contribution >= 0.6 is 23.2 Å². The van der Waals surface area contributed by atoms with Crippen LogP contribution in [0, 0.1) is 0 Å². The molecule has 0 heterocycles. The second kappa shape index (κ2) is 20.0. The molecular formula is C34H66Cl2N2+2. The lowest BCUT2D eigenvalue weighted by molar-refractivity contribution is -0.911. The highest BCUT2D eigenvalue weighted by Gasteiger charge is 2.45. The Labute approximate surface area is 249 Å². The Morgan fingerprint density at radius 3 is 1.42 bits per heavy atom. The molecule has 1 aliphatic carbocycles. The van der Waals surface area contributed by atoms with E-state index in [2.05, 4.69) is 60.0 Å². The van der Waals surface area contributed by atoms with E-state index in [-0.39, 0.29) is 5.38 Å². The molecule has 0 aliphatic heterocycles. The molecule has 0 saturated carbocycles. The first-order chi connectivity index (χ1) is 18.2. The second-order valence-electron chi connectivity index (χ2n) is 13.1. The molecule has 0 fully saturated rings. The molecule has 224 valence electrons. The van der Waals surface area contributed by atoms with E-state index in [0.717, 1.165) is 22.1 Å². The fourth-order valence-corrected chi connectivity index (χ4v) is 7.11. The van der Waals surface area contributed by atoms with Gasteiger partial charge in [-0.05, 0) is 51.4 Å². The van der Waals surface area contributed by atoms with E-state index in [0.29, 0.717) is 0 Å². The van der Waals surface area contributed by atoms with Crippen LogP contribution in [-0.2, 0) is 0 Å². The van der Waals surface area contributed by atoms with Crippen LogP contribution in [-0.4, -0.2) is 72.6 Å². The second-order valence-corrected chi connectivity index (χ2v) is 14.2. The lowest BCUT2D eigenvalue weighted by Gasteiger charge is -2.44. The van der Waals surface area contributed by atoms with Gasteiger partial charge in [0, 0.05) is 5.57 Å². The molecule has 1 rings (SSSR count). The number of halogens is 2. The zero-order valence-corrected chi connectivity index (χ0v) is 28.0. The van der Waals surface area contributed by atoms with Gasteiger partial charge in [-0.3, -0.25) is 0 Å². The summed E-state index contributed by atoms with van der Waals surface area (Å²) in [6.07, 6.45) is 27.8. The van der Waals surface area contributed by atoms with Crippen LogP contribution in [0.4, 0.5) is 0 Å². The monoisotopic (exact) mass is 572 g/mol. The number of likely N-dealkylation sites (N-methyl/N-ethyl adjacent to an activating group) is 1. The van der Waals surface area contributed by atoms with Crippen molar-refractivity contribution in [2.24, 2.45) is 0 Å². The molecule has 0 spiro atoms.